The van der Waals surface area contributed by atoms with Crippen molar-refractivity contribution in [2.75, 3.05) is 16.8 Å². The number of nitrogens with one attached hydrogen (secondary N) is 1. The maximum Gasteiger partial charge on any atom is 0.471 e. The van der Waals surface area contributed by atoms with E-state index in [1.807, 2.05) is 0 Å². The molecule has 0 unspecified atom stereocenters. The standard InChI is InChI=1S/C11H8BrF3N2O2/c12-6-1-2-7-8(5-6)17(4-3-9(18)16-7)10(19)11(13,14)15/h1-2,5H,3-4H2,(H,16,18). The molecule has 2 amide bonds. The van der Waals surface area contributed by atoms with Crippen molar-refractivity contribution in [3.05, 3.63) is 22.7 Å². The number of fused-ring (bicyclic) bond motifs is 1. The SMILES string of the molecule is O=C1CCN(C(=O)C(F)(F)F)c2cc(Br)ccc2N1. The zero-order valence-electron chi connectivity index (χ0n) is 9.42. The molecular formula is C11H8BrF3N2O2. The molecule has 1 aliphatic rings. The Morgan fingerprint density at radius 1 is 1.37 bits per heavy atom. The third-order valence-electron chi connectivity index (χ3n) is 2.57. The highest BCUT2D eigenvalue weighted by Crippen LogP contribution is 2.34. The maximum atomic E-state index is 12.5. The fourth-order valence-corrected chi connectivity index (χ4v) is 2.09. The van der Waals surface area contributed by atoms with Crippen LogP contribution in [0.3, 0.4) is 0 Å². The molecule has 4 nitrogen and oxygen atoms in total. The van der Waals surface area contributed by atoms with Crippen LogP contribution in [0.5, 0.6) is 0 Å². The molecule has 0 aromatic heterocycles. The summed E-state index contributed by atoms with van der Waals surface area (Å²) in [6.07, 6.45) is -5.17. The number of amides is 2. The Morgan fingerprint density at radius 2 is 2.05 bits per heavy atom. The van der Waals surface area contributed by atoms with Crippen LogP contribution in [0.1, 0.15) is 6.42 Å². The second kappa shape index (κ2) is 4.84. The molecule has 1 aromatic rings. The lowest BCUT2D eigenvalue weighted by Crippen LogP contribution is -2.41. The highest BCUT2D eigenvalue weighted by Gasteiger charge is 2.44. The Labute approximate surface area is 114 Å². The third-order valence-corrected chi connectivity index (χ3v) is 3.07. The van der Waals surface area contributed by atoms with Crippen LogP contribution in [-0.2, 0) is 9.59 Å². The summed E-state index contributed by atoms with van der Waals surface area (Å²) < 4.78 is 38.2. The van der Waals surface area contributed by atoms with Gasteiger partial charge >= 0.3 is 12.1 Å². The smallest absolute Gasteiger partial charge is 0.324 e. The molecule has 0 radical (unpaired) electrons. The molecule has 1 aliphatic heterocycles. The molecule has 102 valence electrons. The summed E-state index contributed by atoms with van der Waals surface area (Å²) in [5.41, 5.74) is 0.214. The highest BCUT2D eigenvalue weighted by molar-refractivity contribution is 9.10. The van der Waals surface area contributed by atoms with E-state index in [2.05, 4.69) is 21.2 Å². The van der Waals surface area contributed by atoms with E-state index < -0.39 is 18.0 Å². The van der Waals surface area contributed by atoms with Gasteiger partial charge in [-0.3, -0.25) is 9.59 Å². The van der Waals surface area contributed by atoms with Crippen LogP contribution in [-0.4, -0.2) is 24.5 Å². The Kier molecular flexibility index (Phi) is 3.53. The lowest BCUT2D eigenvalue weighted by Gasteiger charge is -2.23. The van der Waals surface area contributed by atoms with Crippen molar-refractivity contribution < 1.29 is 22.8 Å². The molecule has 0 bridgehead atoms. The minimum absolute atomic E-state index is 0.0301. The molecular weight excluding hydrogens is 329 g/mol. The zero-order valence-corrected chi connectivity index (χ0v) is 11.0. The van der Waals surface area contributed by atoms with E-state index >= 15 is 0 Å². The first kappa shape index (κ1) is 13.9. The van der Waals surface area contributed by atoms with Gasteiger partial charge < -0.3 is 10.2 Å². The van der Waals surface area contributed by atoms with Gasteiger partial charge in [0.15, 0.2) is 0 Å². The van der Waals surface area contributed by atoms with Crippen molar-refractivity contribution in [1.82, 2.24) is 0 Å². The van der Waals surface area contributed by atoms with Crippen molar-refractivity contribution >= 4 is 39.1 Å². The molecule has 0 atom stereocenters. The van der Waals surface area contributed by atoms with E-state index in [4.69, 9.17) is 0 Å². The first-order chi connectivity index (χ1) is 8.79. The van der Waals surface area contributed by atoms with Crippen molar-refractivity contribution in [2.45, 2.75) is 12.6 Å². The number of carbonyl (C=O) groups is 2. The van der Waals surface area contributed by atoms with Crippen LogP contribution in [0.2, 0.25) is 0 Å². The Hall–Kier alpha value is -1.57. The lowest BCUT2D eigenvalue weighted by atomic mass is 10.2. The second-order valence-electron chi connectivity index (χ2n) is 3.91. The minimum Gasteiger partial charge on any atom is -0.324 e. The lowest BCUT2D eigenvalue weighted by molar-refractivity contribution is -0.170. The van der Waals surface area contributed by atoms with Crippen molar-refractivity contribution in [1.29, 1.82) is 0 Å². The molecule has 19 heavy (non-hydrogen) atoms. The van der Waals surface area contributed by atoms with E-state index in [1.165, 1.54) is 12.1 Å². The van der Waals surface area contributed by atoms with Gasteiger partial charge in [-0.2, -0.15) is 13.2 Å². The van der Waals surface area contributed by atoms with Gasteiger partial charge in [0.05, 0.1) is 11.4 Å². The quantitative estimate of drug-likeness (QED) is 0.791. The van der Waals surface area contributed by atoms with Crippen LogP contribution in [0, 0.1) is 0 Å². The number of halogens is 4. The number of anilines is 2. The van der Waals surface area contributed by atoms with E-state index in [0.29, 0.717) is 9.37 Å². The summed E-state index contributed by atoms with van der Waals surface area (Å²) in [5.74, 6) is -2.41. The van der Waals surface area contributed by atoms with E-state index in [1.54, 1.807) is 6.07 Å². The Bertz CT molecular complexity index is 545. The second-order valence-corrected chi connectivity index (χ2v) is 4.83. The molecule has 0 saturated heterocycles. The van der Waals surface area contributed by atoms with Crippen molar-refractivity contribution in [3.8, 4) is 0 Å². The largest absolute Gasteiger partial charge is 0.471 e. The van der Waals surface area contributed by atoms with Gasteiger partial charge in [0.1, 0.15) is 0 Å². The van der Waals surface area contributed by atoms with Gasteiger partial charge in [0, 0.05) is 17.4 Å². The average Bonchev–Trinajstić information content (AvgIpc) is 2.45. The predicted octanol–water partition coefficient (Wildman–Crippen LogP) is 2.69. The van der Waals surface area contributed by atoms with E-state index in [0.717, 1.165) is 0 Å². The Balaban J connectivity index is 2.49. The molecule has 8 heteroatoms. The van der Waals surface area contributed by atoms with E-state index in [9.17, 15) is 22.8 Å². The molecule has 2 rings (SSSR count). The fraction of sp³-hybridized carbons (Fsp3) is 0.273. The van der Waals surface area contributed by atoms with Crippen LogP contribution in [0.25, 0.3) is 0 Å². The molecule has 0 saturated carbocycles. The minimum atomic E-state index is -4.98. The number of benzene rings is 1. The fourth-order valence-electron chi connectivity index (χ4n) is 1.74. The van der Waals surface area contributed by atoms with Gasteiger partial charge in [0.2, 0.25) is 5.91 Å². The number of carbonyl (C=O) groups excluding carboxylic acids is 2. The first-order valence-corrected chi connectivity index (χ1v) is 6.06. The van der Waals surface area contributed by atoms with Gasteiger partial charge in [-0.15, -0.1) is 0 Å². The van der Waals surface area contributed by atoms with Crippen LogP contribution < -0.4 is 10.2 Å². The molecule has 0 fully saturated rings. The van der Waals surface area contributed by atoms with Crippen LogP contribution >= 0.6 is 15.9 Å². The van der Waals surface area contributed by atoms with E-state index in [-0.39, 0.29) is 24.3 Å². The molecule has 1 aromatic carbocycles. The summed E-state index contributed by atoms with van der Waals surface area (Å²) in [4.78, 5) is 23.4. The van der Waals surface area contributed by atoms with Crippen molar-refractivity contribution in [2.24, 2.45) is 0 Å². The number of alkyl halides is 3. The highest BCUT2D eigenvalue weighted by atomic mass is 79.9. The van der Waals surface area contributed by atoms with Gasteiger partial charge in [-0.05, 0) is 18.2 Å². The third kappa shape index (κ3) is 2.89. The maximum absolute atomic E-state index is 12.5. The number of rotatable bonds is 0. The average molecular weight is 337 g/mol. The molecule has 0 spiro atoms. The molecule has 0 aliphatic carbocycles. The van der Waals surface area contributed by atoms with Gasteiger partial charge in [-0.25, -0.2) is 0 Å². The number of nitrogens with zero attached hydrogens (tertiary/aromatic N) is 1. The first-order valence-electron chi connectivity index (χ1n) is 5.27. The normalized spacial score (nSPS) is 15.6. The van der Waals surface area contributed by atoms with Gasteiger partial charge in [0.25, 0.3) is 0 Å². The summed E-state index contributed by atoms with van der Waals surface area (Å²) >= 11 is 3.13. The number of hydrogen-bond donors (Lipinski definition) is 1. The zero-order chi connectivity index (χ0) is 14.2. The monoisotopic (exact) mass is 336 g/mol. The summed E-state index contributed by atoms with van der Waals surface area (Å²) in [6, 6.07) is 4.38. The van der Waals surface area contributed by atoms with Crippen molar-refractivity contribution in [3.63, 3.8) is 0 Å². The summed E-state index contributed by atoms with van der Waals surface area (Å²) in [7, 11) is 0. The molecule has 1 N–H and O–H groups in total. The summed E-state index contributed by atoms with van der Waals surface area (Å²) in [6.45, 7) is -0.312. The van der Waals surface area contributed by atoms with Crippen LogP contribution in [0.4, 0.5) is 24.5 Å². The molecule has 1 heterocycles. The predicted molar refractivity (Wildman–Crippen MR) is 65.8 cm³/mol. The Morgan fingerprint density at radius 3 is 2.68 bits per heavy atom. The topological polar surface area (TPSA) is 49.4 Å². The number of hydrogen-bond acceptors (Lipinski definition) is 2. The van der Waals surface area contributed by atoms with Crippen LogP contribution in [0.15, 0.2) is 22.7 Å². The summed E-state index contributed by atoms with van der Waals surface area (Å²) in [5, 5.41) is 2.46. The van der Waals surface area contributed by atoms with Gasteiger partial charge in [-0.1, -0.05) is 15.9 Å².